The van der Waals surface area contributed by atoms with Crippen LogP contribution in [-0.2, 0) is 6.42 Å². The summed E-state index contributed by atoms with van der Waals surface area (Å²) in [6, 6.07) is 18.6. The Morgan fingerprint density at radius 3 is 2.37 bits per heavy atom. The minimum Gasteiger partial charge on any atom is -0.492 e. The summed E-state index contributed by atoms with van der Waals surface area (Å²) in [5.74, 6) is 0.933. The van der Waals surface area contributed by atoms with Crippen LogP contribution < -0.4 is 10.1 Å². The molecule has 0 saturated heterocycles. The molecule has 19 heavy (non-hydrogen) atoms. The molecule has 0 aliphatic carbocycles. The minimum atomic E-state index is 0.706. The van der Waals surface area contributed by atoms with Gasteiger partial charge in [-0.2, -0.15) is 0 Å². The molecule has 0 fully saturated rings. The van der Waals surface area contributed by atoms with E-state index in [9.17, 15) is 0 Å². The summed E-state index contributed by atoms with van der Waals surface area (Å²) in [5, 5.41) is 3.39. The Morgan fingerprint density at radius 1 is 0.895 bits per heavy atom. The van der Waals surface area contributed by atoms with Gasteiger partial charge in [0.25, 0.3) is 0 Å². The number of ether oxygens (including phenoxy) is 1. The van der Waals surface area contributed by atoms with E-state index in [2.05, 4.69) is 36.5 Å². The van der Waals surface area contributed by atoms with E-state index in [1.807, 2.05) is 30.3 Å². The molecule has 0 heterocycles. The second-order valence-electron chi connectivity index (χ2n) is 4.65. The summed E-state index contributed by atoms with van der Waals surface area (Å²) < 4.78 is 5.61. The van der Waals surface area contributed by atoms with Crippen molar-refractivity contribution in [1.82, 2.24) is 5.32 Å². The summed E-state index contributed by atoms with van der Waals surface area (Å²) >= 11 is 0. The lowest BCUT2D eigenvalue weighted by molar-refractivity contribution is 0.314. The number of para-hydroxylation sites is 1. The van der Waals surface area contributed by atoms with E-state index in [1.165, 1.54) is 11.1 Å². The molecule has 2 nitrogen and oxygen atoms in total. The molecule has 2 rings (SSSR count). The van der Waals surface area contributed by atoms with Crippen LogP contribution in [0.25, 0.3) is 0 Å². The third-order valence-electron chi connectivity index (χ3n) is 3.00. The van der Waals surface area contributed by atoms with E-state index in [1.54, 1.807) is 0 Å². The van der Waals surface area contributed by atoms with Crippen molar-refractivity contribution in [2.75, 3.05) is 19.7 Å². The zero-order chi connectivity index (χ0) is 13.3. The van der Waals surface area contributed by atoms with Crippen LogP contribution in [0.1, 0.15) is 11.1 Å². The van der Waals surface area contributed by atoms with E-state index in [0.717, 1.165) is 25.3 Å². The molecule has 0 radical (unpaired) electrons. The van der Waals surface area contributed by atoms with Gasteiger partial charge in [0.15, 0.2) is 0 Å². The van der Waals surface area contributed by atoms with E-state index < -0.39 is 0 Å². The highest BCUT2D eigenvalue weighted by atomic mass is 16.5. The normalized spacial score (nSPS) is 10.4. The highest BCUT2D eigenvalue weighted by Crippen LogP contribution is 2.07. The predicted octanol–water partition coefficient (Wildman–Crippen LogP) is 3.21. The number of hydrogen-bond donors (Lipinski definition) is 1. The average molecular weight is 255 g/mol. The van der Waals surface area contributed by atoms with Gasteiger partial charge in [-0.15, -0.1) is 0 Å². The number of rotatable bonds is 7. The molecule has 0 atom stereocenters. The monoisotopic (exact) mass is 255 g/mol. The maximum absolute atomic E-state index is 5.61. The van der Waals surface area contributed by atoms with E-state index >= 15 is 0 Å². The van der Waals surface area contributed by atoms with Gasteiger partial charge in [0, 0.05) is 6.54 Å². The minimum absolute atomic E-state index is 0.706. The Morgan fingerprint density at radius 2 is 1.63 bits per heavy atom. The number of aryl methyl sites for hydroxylation is 1. The second kappa shape index (κ2) is 7.59. The van der Waals surface area contributed by atoms with Crippen molar-refractivity contribution in [3.63, 3.8) is 0 Å². The first-order valence-corrected chi connectivity index (χ1v) is 6.79. The van der Waals surface area contributed by atoms with Crippen molar-refractivity contribution < 1.29 is 4.74 Å². The molecule has 0 aliphatic heterocycles. The molecule has 1 N–H and O–H groups in total. The fourth-order valence-corrected chi connectivity index (χ4v) is 1.87. The summed E-state index contributed by atoms with van der Waals surface area (Å²) in [6.07, 6.45) is 1.06. The van der Waals surface area contributed by atoms with E-state index in [-0.39, 0.29) is 0 Å². The maximum Gasteiger partial charge on any atom is 0.119 e. The lowest BCUT2D eigenvalue weighted by Gasteiger charge is -2.07. The zero-order valence-corrected chi connectivity index (χ0v) is 11.4. The molecule has 2 heteroatoms. The first kappa shape index (κ1) is 13.6. The zero-order valence-electron chi connectivity index (χ0n) is 11.4. The quantitative estimate of drug-likeness (QED) is 0.767. The van der Waals surface area contributed by atoms with E-state index in [4.69, 9.17) is 4.74 Å². The summed E-state index contributed by atoms with van der Waals surface area (Å²) in [4.78, 5) is 0. The molecular formula is C17H21NO. The van der Waals surface area contributed by atoms with Crippen LogP contribution in [0.5, 0.6) is 5.75 Å². The number of hydrogen-bond acceptors (Lipinski definition) is 2. The fourth-order valence-electron chi connectivity index (χ4n) is 1.87. The van der Waals surface area contributed by atoms with Gasteiger partial charge in [-0.05, 0) is 37.6 Å². The second-order valence-corrected chi connectivity index (χ2v) is 4.65. The lowest BCUT2D eigenvalue weighted by Crippen LogP contribution is -2.23. The standard InChI is InChI=1S/C17H21NO/c1-15-7-9-16(10-8-15)11-12-18-13-14-19-17-5-3-2-4-6-17/h2-10,18H,11-14H2,1H3. The molecule has 2 aromatic rings. The Labute approximate surface area is 115 Å². The van der Waals surface area contributed by atoms with Gasteiger partial charge in [-0.3, -0.25) is 0 Å². The van der Waals surface area contributed by atoms with E-state index in [0.29, 0.717) is 6.61 Å². The summed E-state index contributed by atoms with van der Waals surface area (Å²) in [5.41, 5.74) is 2.69. The van der Waals surface area contributed by atoms with Gasteiger partial charge in [0.2, 0.25) is 0 Å². The predicted molar refractivity (Wildman–Crippen MR) is 79.7 cm³/mol. The first-order chi connectivity index (χ1) is 9.34. The molecule has 2 aromatic carbocycles. The highest BCUT2D eigenvalue weighted by Gasteiger charge is 1.94. The maximum atomic E-state index is 5.61. The Balaban J connectivity index is 1.56. The lowest BCUT2D eigenvalue weighted by atomic mass is 10.1. The first-order valence-electron chi connectivity index (χ1n) is 6.79. The molecule has 0 unspecified atom stereocenters. The Bertz CT molecular complexity index is 464. The topological polar surface area (TPSA) is 21.3 Å². The molecule has 0 amide bonds. The number of nitrogens with one attached hydrogen (secondary N) is 1. The van der Waals surface area contributed by atoms with Crippen LogP contribution in [0.2, 0.25) is 0 Å². The van der Waals surface area contributed by atoms with Crippen LogP contribution >= 0.6 is 0 Å². The van der Waals surface area contributed by atoms with Gasteiger partial charge in [0.1, 0.15) is 12.4 Å². The van der Waals surface area contributed by atoms with Crippen molar-refractivity contribution in [2.24, 2.45) is 0 Å². The molecular weight excluding hydrogens is 234 g/mol. The smallest absolute Gasteiger partial charge is 0.119 e. The van der Waals surface area contributed by atoms with Crippen LogP contribution in [0.15, 0.2) is 54.6 Å². The molecule has 0 spiro atoms. The van der Waals surface area contributed by atoms with Crippen LogP contribution in [0.3, 0.4) is 0 Å². The van der Waals surface area contributed by atoms with Crippen LogP contribution in [0, 0.1) is 6.92 Å². The molecule has 100 valence electrons. The summed E-state index contributed by atoms with van der Waals surface area (Å²) in [6.45, 7) is 4.68. The Hall–Kier alpha value is -1.80. The van der Waals surface area contributed by atoms with Crippen molar-refractivity contribution in [3.05, 3.63) is 65.7 Å². The fraction of sp³-hybridized carbons (Fsp3) is 0.294. The molecule has 0 saturated carbocycles. The van der Waals surface area contributed by atoms with Crippen molar-refractivity contribution >= 4 is 0 Å². The largest absolute Gasteiger partial charge is 0.492 e. The Kier molecular flexibility index (Phi) is 5.45. The van der Waals surface area contributed by atoms with Gasteiger partial charge in [-0.1, -0.05) is 48.0 Å². The number of benzene rings is 2. The van der Waals surface area contributed by atoms with Crippen molar-refractivity contribution in [1.29, 1.82) is 0 Å². The van der Waals surface area contributed by atoms with Crippen molar-refractivity contribution in [2.45, 2.75) is 13.3 Å². The third-order valence-corrected chi connectivity index (χ3v) is 3.00. The average Bonchev–Trinajstić information content (AvgIpc) is 2.46. The third kappa shape index (κ3) is 5.14. The summed E-state index contributed by atoms with van der Waals surface area (Å²) in [7, 11) is 0. The molecule has 0 aliphatic rings. The van der Waals surface area contributed by atoms with Gasteiger partial charge in [-0.25, -0.2) is 0 Å². The molecule has 0 aromatic heterocycles. The SMILES string of the molecule is Cc1ccc(CCNCCOc2ccccc2)cc1. The van der Waals surface area contributed by atoms with Gasteiger partial charge in [0.05, 0.1) is 0 Å². The van der Waals surface area contributed by atoms with Crippen molar-refractivity contribution in [3.8, 4) is 5.75 Å². The van der Waals surface area contributed by atoms with Crippen LogP contribution in [0.4, 0.5) is 0 Å². The molecule has 0 bridgehead atoms. The van der Waals surface area contributed by atoms with Gasteiger partial charge >= 0.3 is 0 Å². The van der Waals surface area contributed by atoms with Gasteiger partial charge < -0.3 is 10.1 Å². The highest BCUT2D eigenvalue weighted by molar-refractivity contribution is 5.22. The van der Waals surface area contributed by atoms with Crippen LogP contribution in [-0.4, -0.2) is 19.7 Å².